The molecule has 122 valence electrons. The van der Waals surface area contributed by atoms with Crippen LogP contribution < -0.4 is 11.1 Å². The number of fused-ring (bicyclic) bond motifs is 1. The van der Waals surface area contributed by atoms with Gasteiger partial charge in [-0.2, -0.15) is 0 Å². The van der Waals surface area contributed by atoms with E-state index in [1.165, 1.54) is 18.9 Å². The molecule has 1 saturated heterocycles. The number of halogens is 2. The largest absolute Gasteiger partial charge is 0.327 e. The number of carbonyl (C=O) groups is 1. The lowest BCUT2D eigenvalue weighted by molar-refractivity contribution is -0.117. The monoisotopic (exact) mass is 327 g/mol. The number of para-hydroxylation sites is 1. The molecule has 1 aliphatic heterocycles. The second kappa shape index (κ2) is 7.40. The predicted octanol–water partition coefficient (Wildman–Crippen LogP) is 2.25. The van der Waals surface area contributed by atoms with E-state index in [0.717, 1.165) is 19.5 Å². The van der Waals surface area contributed by atoms with Crippen LogP contribution in [0.5, 0.6) is 0 Å². The van der Waals surface area contributed by atoms with E-state index in [9.17, 15) is 9.18 Å². The molecule has 4 nitrogen and oxygen atoms in total. The van der Waals surface area contributed by atoms with Crippen LogP contribution in [0.4, 0.5) is 10.1 Å². The molecule has 3 N–H and O–H groups in total. The van der Waals surface area contributed by atoms with Crippen molar-refractivity contribution < 1.29 is 9.18 Å². The first-order valence-corrected chi connectivity index (χ1v) is 7.66. The number of rotatable bonds is 3. The fraction of sp³-hybridized carbons (Fsp3) is 0.562. The Bertz CT molecular complexity index is 528. The number of carbonyl (C=O) groups excluding carboxylic acids is 1. The Balaban J connectivity index is 0.00000176. The Morgan fingerprint density at radius 3 is 2.82 bits per heavy atom. The molecule has 1 aromatic rings. The quantitative estimate of drug-likeness (QED) is 0.895. The maximum Gasteiger partial charge on any atom is 0.238 e. The van der Waals surface area contributed by atoms with Crippen molar-refractivity contribution in [2.45, 2.75) is 25.3 Å². The van der Waals surface area contributed by atoms with Gasteiger partial charge in [0.05, 0.1) is 12.2 Å². The molecule has 2 fully saturated rings. The lowest BCUT2D eigenvalue weighted by atomic mass is 9.78. The van der Waals surface area contributed by atoms with Gasteiger partial charge in [-0.1, -0.05) is 18.6 Å². The van der Waals surface area contributed by atoms with Crippen LogP contribution in [-0.2, 0) is 4.79 Å². The topological polar surface area (TPSA) is 58.4 Å². The van der Waals surface area contributed by atoms with Gasteiger partial charge >= 0.3 is 0 Å². The summed E-state index contributed by atoms with van der Waals surface area (Å²) in [6.07, 6.45) is 3.50. The number of anilines is 1. The van der Waals surface area contributed by atoms with Crippen molar-refractivity contribution in [3.05, 3.63) is 30.1 Å². The molecule has 1 amide bonds. The third kappa shape index (κ3) is 3.77. The summed E-state index contributed by atoms with van der Waals surface area (Å²) in [5, 5.41) is 2.64. The van der Waals surface area contributed by atoms with Gasteiger partial charge in [0, 0.05) is 19.1 Å². The van der Waals surface area contributed by atoms with E-state index in [-0.39, 0.29) is 30.0 Å². The molecule has 0 radical (unpaired) electrons. The molecule has 3 atom stereocenters. The average Bonchev–Trinajstić information content (AvgIpc) is 2.85. The van der Waals surface area contributed by atoms with E-state index in [4.69, 9.17) is 5.73 Å². The summed E-state index contributed by atoms with van der Waals surface area (Å²) >= 11 is 0. The third-order valence-electron chi connectivity index (χ3n) is 4.74. The van der Waals surface area contributed by atoms with Crippen molar-refractivity contribution >= 4 is 24.0 Å². The predicted molar refractivity (Wildman–Crippen MR) is 87.5 cm³/mol. The summed E-state index contributed by atoms with van der Waals surface area (Å²) in [5.74, 6) is 0.574. The Kier molecular flexibility index (Phi) is 5.78. The molecular formula is C16H23ClFN3O. The van der Waals surface area contributed by atoms with Crippen molar-refractivity contribution in [3.8, 4) is 0 Å². The second-order valence-electron chi connectivity index (χ2n) is 6.24. The zero-order chi connectivity index (χ0) is 14.8. The van der Waals surface area contributed by atoms with E-state index in [0.29, 0.717) is 18.4 Å². The Labute approximate surface area is 136 Å². The van der Waals surface area contributed by atoms with Crippen molar-refractivity contribution in [2.24, 2.45) is 17.6 Å². The highest BCUT2D eigenvalue weighted by Gasteiger charge is 2.38. The Hall–Kier alpha value is -1.17. The summed E-state index contributed by atoms with van der Waals surface area (Å²) in [6.45, 7) is 2.13. The van der Waals surface area contributed by atoms with E-state index >= 15 is 0 Å². The van der Waals surface area contributed by atoms with Crippen LogP contribution in [-0.4, -0.2) is 36.5 Å². The normalized spacial score (nSPS) is 27.8. The van der Waals surface area contributed by atoms with Gasteiger partial charge in [-0.3, -0.25) is 9.69 Å². The van der Waals surface area contributed by atoms with Gasteiger partial charge in [-0.05, 0) is 36.8 Å². The van der Waals surface area contributed by atoms with Crippen LogP contribution >= 0.6 is 12.4 Å². The molecular weight excluding hydrogens is 305 g/mol. The molecule has 3 rings (SSSR count). The lowest BCUT2D eigenvalue weighted by Crippen LogP contribution is -2.38. The molecule has 3 unspecified atom stereocenters. The van der Waals surface area contributed by atoms with E-state index in [1.807, 2.05) is 0 Å². The van der Waals surface area contributed by atoms with Crippen LogP contribution in [0.3, 0.4) is 0 Å². The van der Waals surface area contributed by atoms with Crippen molar-refractivity contribution in [2.75, 3.05) is 25.0 Å². The molecule has 22 heavy (non-hydrogen) atoms. The van der Waals surface area contributed by atoms with Gasteiger partial charge in [0.1, 0.15) is 5.82 Å². The summed E-state index contributed by atoms with van der Waals surface area (Å²) in [4.78, 5) is 14.2. The van der Waals surface area contributed by atoms with Crippen LogP contribution in [0, 0.1) is 17.7 Å². The Morgan fingerprint density at radius 2 is 2.09 bits per heavy atom. The molecule has 2 aliphatic rings. The Morgan fingerprint density at radius 1 is 1.32 bits per heavy atom. The van der Waals surface area contributed by atoms with Crippen molar-refractivity contribution in [1.82, 2.24) is 4.90 Å². The summed E-state index contributed by atoms with van der Waals surface area (Å²) in [5.41, 5.74) is 6.43. The molecule has 0 bridgehead atoms. The van der Waals surface area contributed by atoms with E-state index < -0.39 is 5.82 Å². The van der Waals surface area contributed by atoms with Gasteiger partial charge in [0.15, 0.2) is 0 Å². The SMILES string of the molecule is Cl.NC1CCCC2CN(CC(=O)Nc3ccccc3F)CC12. The van der Waals surface area contributed by atoms with Crippen molar-refractivity contribution in [3.63, 3.8) is 0 Å². The maximum absolute atomic E-state index is 13.5. The highest BCUT2D eigenvalue weighted by atomic mass is 35.5. The van der Waals surface area contributed by atoms with E-state index in [1.54, 1.807) is 18.2 Å². The number of benzene rings is 1. The molecule has 0 spiro atoms. The highest BCUT2D eigenvalue weighted by molar-refractivity contribution is 5.92. The highest BCUT2D eigenvalue weighted by Crippen LogP contribution is 2.35. The van der Waals surface area contributed by atoms with Crippen LogP contribution in [0.1, 0.15) is 19.3 Å². The number of hydrogen-bond acceptors (Lipinski definition) is 3. The fourth-order valence-corrected chi connectivity index (χ4v) is 3.69. The second-order valence-corrected chi connectivity index (χ2v) is 6.24. The molecule has 1 aliphatic carbocycles. The molecule has 1 heterocycles. The first-order chi connectivity index (χ1) is 10.1. The van der Waals surface area contributed by atoms with Crippen LogP contribution in [0.2, 0.25) is 0 Å². The number of likely N-dealkylation sites (tertiary alicyclic amines) is 1. The summed E-state index contributed by atoms with van der Waals surface area (Å²) in [7, 11) is 0. The minimum absolute atomic E-state index is 0. The lowest BCUT2D eigenvalue weighted by Gasteiger charge is -2.29. The number of amides is 1. The van der Waals surface area contributed by atoms with Gasteiger partial charge in [0.25, 0.3) is 0 Å². The van der Waals surface area contributed by atoms with Crippen molar-refractivity contribution in [1.29, 1.82) is 0 Å². The molecule has 0 aromatic heterocycles. The number of nitrogens with two attached hydrogens (primary N) is 1. The number of nitrogens with zero attached hydrogens (tertiary/aromatic N) is 1. The fourth-order valence-electron chi connectivity index (χ4n) is 3.69. The third-order valence-corrected chi connectivity index (χ3v) is 4.74. The summed E-state index contributed by atoms with van der Waals surface area (Å²) < 4.78 is 13.5. The zero-order valence-corrected chi connectivity index (χ0v) is 13.3. The molecule has 1 saturated carbocycles. The maximum atomic E-state index is 13.5. The minimum Gasteiger partial charge on any atom is -0.327 e. The van der Waals surface area contributed by atoms with Gasteiger partial charge in [0.2, 0.25) is 5.91 Å². The smallest absolute Gasteiger partial charge is 0.238 e. The van der Waals surface area contributed by atoms with Gasteiger partial charge in [-0.25, -0.2) is 4.39 Å². The minimum atomic E-state index is -0.400. The average molecular weight is 328 g/mol. The molecule has 1 aromatic carbocycles. The number of nitrogens with one attached hydrogen (secondary N) is 1. The number of hydrogen-bond donors (Lipinski definition) is 2. The first kappa shape index (κ1) is 17.2. The standard InChI is InChI=1S/C16H22FN3O.ClH/c17-13-5-1-2-7-15(13)19-16(21)10-20-8-11-4-3-6-14(18)12(11)9-20;/h1-2,5,7,11-12,14H,3-4,6,8-10,18H2,(H,19,21);1H. The van der Waals surface area contributed by atoms with Crippen LogP contribution in [0.25, 0.3) is 0 Å². The van der Waals surface area contributed by atoms with Gasteiger partial charge in [-0.15, -0.1) is 12.4 Å². The van der Waals surface area contributed by atoms with E-state index in [2.05, 4.69) is 10.2 Å². The first-order valence-electron chi connectivity index (χ1n) is 7.66. The van der Waals surface area contributed by atoms with Crippen LogP contribution in [0.15, 0.2) is 24.3 Å². The molecule has 6 heteroatoms. The van der Waals surface area contributed by atoms with Gasteiger partial charge < -0.3 is 11.1 Å². The zero-order valence-electron chi connectivity index (χ0n) is 12.5. The summed E-state index contributed by atoms with van der Waals surface area (Å²) in [6, 6.07) is 6.51.